The zero-order valence-electron chi connectivity index (χ0n) is 11.2. The molecule has 0 aliphatic carbocycles. The van der Waals surface area contributed by atoms with E-state index in [-0.39, 0.29) is 13.0 Å². The highest BCUT2D eigenvalue weighted by atomic mass is 35.5. The summed E-state index contributed by atoms with van der Waals surface area (Å²) >= 11 is 6.15. The van der Waals surface area contributed by atoms with E-state index in [0.717, 1.165) is 5.56 Å². The summed E-state index contributed by atoms with van der Waals surface area (Å²) < 4.78 is 38.4. The minimum Gasteiger partial charge on any atom is -0.355 e. The molecule has 0 saturated carbocycles. The average molecular weight is 308 g/mol. The van der Waals surface area contributed by atoms with Crippen molar-refractivity contribution in [2.45, 2.75) is 25.6 Å². The molecule has 1 aromatic rings. The van der Waals surface area contributed by atoms with Crippen LogP contribution in [0.25, 0.3) is 0 Å². The molecule has 1 N–H and O–H groups in total. The Kier molecular flexibility index (Phi) is 4.75. The van der Waals surface area contributed by atoms with Gasteiger partial charge in [0.1, 0.15) is 5.82 Å². The smallest absolute Gasteiger partial charge is 0.355 e. The van der Waals surface area contributed by atoms with Crippen LogP contribution in [0.2, 0.25) is 5.02 Å². The van der Waals surface area contributed by atoms with Crippen LogP contribution in [0.3, 0.4) is 0 Å². The maximum Gasteiger partial charge on any atom is 0.393 e. The average Bonchev–Trinajstić information content (AvgIpc) is 2.38. The summed E-state index contributed by atoms with van der Waals surface area (Å²) in [5, 5.41) is 3.38. The van der Waals surface area contributed by atoms with Crippen molar-refractivity contribution in [3.63, 3.8) is 0 Å². The number of nitrogens with one attached hydrogen (secondary N) is 1. The zero-order chi connectivity index (χ0) is 14.8. The Labute approximate surface area is 121 Å². The lowest BCUT2D eigenvalue weighted by atomic mass is 9.97. The minimum atomic E-state index is -4.16. The van der Waals surface area contributed by atoms with Crippen molar-refractivity contribution < 1.29 is 13.2 Å². The maximum atomic E-state index is 12.8. The van der Waals surface area contributed by atoms with Gasteiger partial charge in [-0.15, -0.1) is 0 Å². The van der Waals surface area contributed by atoms with Crippen LogP contribution >= 0.6 is 11.6 Å². The Bertz CT molecular complexity index is 465. The Morgan fingerprint density at radius 2 is 2.25 bits per heavy atom. The number of hydrogen-bond acceptors (Lipinski definition) is 3. The van der Waals surface area contributed by atoms with Crippen molar-refractivity contribution in [3.05, 3.63) is 22.8 Å². The second-order valence-corrected chi connectivity index (χ2v) is 5.41. The number of piperidine rings is 1. The van der Waals surface area contributed by atoms with Crippen LogP contribution in [0, 0.1) is 5.92 Å². The van der Waals surface area contributed by atoms with E-state index in [1.54, 1.807) is 24.2 Å². The summed E-state index contributed by atoms with van der Waals surface area (Å²) in [5.41, 5.74) is 0.908. The molecule has 0 aromatic carbocycles. The molecule has 0 amide bonds. The van der Waals surface area contributed by atoms with E-state index in [9.17, 15) is 13.2 Å². The Morgan fingerprint density at radius 1 is 1.50 bits per heavy atom. The molecule has 0 radical (unpaired) electrons. The molecule has 1 atom stereocenters. The molecule has 7 heteroatoms. The van der Waals surface area contributed by atoms with E-state index in [1.165, 1.54) is 0 Å². The summed E-state index contributed by atoms with van der Waals surface area (Å²) in [4.78, 5) is 5.86. The molecule has 3 nitrogen and oxygen atoms in total. The molecular formula is C13H17ClF3N3. The monoisotopic (exact) mass is 307 g/mol. The molecule has 1 aliphatic rings. The fraction of sp³-hybridized carbons (Fsp3) is 0.615. The molecule has 2 heterocycles. The third-order valence-corrected chi connectivity index (χ3v) is 3.72. The highest BCUT2D eigenvalue weighted by molar-refractivity contribution is 6.33. The van der Waals surface area contributed by atoms with Gasteiger partial charge in [0, 0.05) is 25.8 Å². The van der Waals surface area contributed by atoms with Gasteiger partial charge >= 0.3 is 6.18 Å². The third-order valence-electron chi connectivity index (χ3n) is 3.44. The van der Waals surface area contributed by atoms with Gasteiger partial charge in [-0.25, -0.2) is 4.98 Å². The quantitative estimate of drug-likeness (QED) is 0.929. The van der Waals surface area contributed by atoms with Crippen molar-refractivity contribution in [1.29, 1.82) is 0 Å². The second-order valence-electron chi connectivity index (χ2n) is 5.01. The first-order valence-electron chi connectivity index (χ1n) is 6.52. The largest absolute Gasteiger partial charge is 0.393 e. The summed E-state index contributed by atoms with van der Waals surface area (Å²) in [6.45, 7) is 1.12. The van der Waals surface area contributed by atoms with Gasteiger partial charge in [0.2, 0.25) is 0 Å². The summed E-state index contributed by atoms with van der Waals surface area (Å²) in [5.74, 6) is -0.855. The molecule has 20 heavy (non-hydrogen) atoms. The van der Waals surface area contributed by atoms with Crippen LogP contribution in [0.15, 0.2) is 12.3 Å². The standard InChI is InChI=1S/C13H17ClF3N3/c1-18-6-9-5-11(14)12(19-7-9)20-4-2-3-10(8-20)13(15,16)17/h5,7,10,18H,2-4,6,8H2,1H3. The van der Waals surface area contributed by atoms with Crippen LogP contribution in [-0.4, -0.2) is 31.3 Å². The minimum absolute atomic E-state index is 0.0679. The van der Waals surface area contributed by atoms with E-state index in [2.05, 4.69) is 10.3 Å². The van der Waals surface area contributed by atoms with Crippen molar-refractivity contribution in [2.75, 3.05) is 25.0 Å². The summed E-state index contributed by atoms with van der Waals surface area (Å²) in [7, 11) is 1.81. The first-order valence-corrected chi connectivity index (χ1v) is 6.90. The topological polar surface area (TPSA) is 28.2 Å². The van der Waals surface area contributed by atoms with Gasteiger partial charge in [-0.2, -0.15) is 13.2 Å². The van der Waals surface area contributed by atoms with E-state index in [0.29, 0.717) is 30.4 Å². The lowest BCUT2D eigenvalue weighted by Gasteiger charge is -2.34. The highest BCUT2D eigenvalue weighted by Gasteiger charge is 2.42. The van der Waals surface area contributed by atoms with Crippen LogP contribution in [0.1, 0.15) is 18.4 Å². The number of pyridine rings is 1. The third kappa shape index (κ3) is 3.55. The molecule has 1 unspecified atom stereocenters. The van der Waals surface area contributed by atoms with Crippen LogP contribution in [0.4, 0.5) is 19.0 Å². The Balaban J connectivity index is 2.15. The highest BCUT2D eigenvalue weighted by Crippen LogP contribution is 2.36. The Hall–Kier alpha value is -1.01. The lowest BCUT2D eigenvalue weighted by Crippen LogP contribution is -2.42. The van der Waals surface area contributed by atoms with E-state index in [1.807, 2.05) is 0 Å². The number of alkyl halides is 3. The summed E-state index contributed by atoms with van der Waals surface area (Å²) in [6, 6.07) is 1.75. The number of anilines is 1. The van der Waals surface area contributed by atoms with Gasteiger partial charge < -0.3 is 10.2 Å². The molecule has 1 fully saturated rings. The zero-order valence-corrected chi connectivity index (χ0v) is 11.9. The normalized spacial score (nSPS) is 20.2. The fourth-order valence-electron chi connectivity index (χ4n) is 2.44. The molecule has 2 rings (SSSR count). The Morgan fingerprint density at radius 3 is 2.85 bits per heavy atom. The second kappa shape index (κ2) is 6.18. The van der Waals surface area contributed by atoms with Crippen LogP contribution in [-0.2, 0) is 6.54 Å². The fourth-order valence-corrected chi connectivity index (χ4v) is 2.75. The molecule has 1 saturated heterocycles. The van der Waals surface area contributed by atoms with Gasteiger partial charge in [0.15, 0.2) is 0 Å². The van der Waals surface area contributed by atoms with Crippen LogP contribution in [0.5, 0.6) is 0 Å². The van der Waals surface area contributed by atoms with Gasteiger partial charge in [-0.05, 0) is 31.5 Å². The van der Waals surface area contributed by atoms with Crippen molar-refractivity contribution in [2.24, 2.45) is 5.92 Å². The number of hydrogen-bond donors (Lipinski definition) is 1. The number of halogens is 4. The van der Waals surface area contributed by atoms with Gasteiger partial charge in [0.25, 0.3) is 0 Å². The SMILES string of the molecule is CNCc1cnc(N2CCCC(C(F)(F)F)C2)c(Cl)c1. The van der Waals surface area contributed by atoms with Crippen molar-refractivity contribution >= 4 is 17.4 Å². The van der Waals surface area contributed by atoms with Crippen molar-refractivity contribution in [3.8, 4) is 0 Å². The van der Waals surface area contributed by atoms with E-state index >= 15 is 0 Å². The summed E-state index contributed by atoms with van der Waals surface area (Å²) in [6.07, 6.45) is -1.83. The molecule has 0 spiro atoms. The van der Waals surface area contributed by atoms with Gasteiger partial charge in [0.05, 0.1) is 10.9 Å². The lowest BCUT2D eigenvalue weighted by molar-refractivity contribution is -0.176. The number of aromatic nitrogens is 1. The van der Waals surface area contributed by atoms with E-state index < -0.39 is 12.1 Å². The molecule has 1 aliphatic heterocycles. The molecule has 1 aromatic heterocycles. The first-order chi connectivity index (χ1) is 9.41. The van der Waals surface area contributed by atoms with E-state index in [4.69, 9.17) is 11.6 Å². The predicted octanol–water partition coefficient (Wildman–Crippen LogP) is 3.23. The van der Waals surface area contributed by atoms with Crippen LogP contribution < -0.4 is 10.2 Å². The predicted molar refractivity (Wildman–Crippen MR) is 73.0 cm³/mol. The maximum absolute atomic E-state index is 12.8. The molecule has 0 bridgehead atoms. The number of nitrogens with zero attached hydrogens (tertiary/aromatic N) is 2. The first kappa shape index (κ1) is 15.4. The number of rotatable bonds is 3. The van der Waals surface area contributed by atoms with Crippen molar-refractivity contribution in [1.82, 2.24) is 10.3 Å². The van der Waals surface area contributed by atoms with Gasteiger partial charge in [-0.3, -0.25) is 0 Å². The van der Waals surface area contributed by atoms with Gasteiger partial charge in [-0.1, -0.05) is 11.6 Å². The molecule has 112 valence electrons. The molecular weight excluding hydrogens is 291 g/mol.